The van der Waals surface area contributed by atoms with Gasteiger partial charge in [-0.1, -0.05) is 30.3 Å². The van der Waals surface area contributed by atoms with E-state index in [4.69, 9.17) is 0 Å². The maximum atomic E-state index is 12.3. The molecule has 1 fully saturated rings. The summed E-state index contributed by atoms with van der Waals surface area (Å²) < 4.78 is 27.3. The van der Waals surface area contributed by atoms with Crippen LogP contribution in [0.5, 0.6) is 0 Å². The molecule has 1 aliphatic rings. The smallest absolute Gasteiger partial charge is 0.243 e. The fraction of sp³-hybridized carbons (Fsp3) is 0.412. The molecular weight excluding hydrogens is 338 g/mol. The summed E-state index contributed by atoms with van der Waals surface area (Å²) in [4.78, 5) is 10.8. The summed E-state index contributed by atoms with van der Waals surface area (Å²) in [6.45, 7) is 5.33. The third kappa shape index (κ3) is 5.05. The fourth-order valence-electron chi connectivity index (χ4n) is 2.72. The van der Waals surface area contributed by atoms with Crippen LogP contribution in [-0.4, -0.2) is 62.6 Å². The molecule has 0 aliphatic carbocycles. The van der Waals surface area contributed by atoms with Crippen LogP contribution < -0.4 is 10.0 Å². The summed E-state index contributed by atoms with van der Waals surface area (Å²) in [6.07, 6.45) is 3.49. The number of piperazine rings is 1. The van der Waals surface area contributed by atoms with Gasteiger partial charge in [-0.25, -0.2) is 23.1 Å². The van der Waals surface area contributed by atoms with Crippen molar-refractivity contribution in [3.05, 3.63) is 42.7 Å². The molecule has 0 unspecified atom stereocenters. The maximum absolute atomic E-state index is 12.3. The second kappa shape index (κ2) is 8.48. The van der Waals surface area contributed by atoms with E-state index in [-0.39, 0.29) is 4.90 Å². The predicted octanol–water partition coefficient (Wildman–Crippen LogP) is 0.717. The molecule has 2 N–H and O–H groups in total. The zero-order valence-corrected chi connectivity index (χ0v) is 14.9. The monoisotopic (exact) mass is 361 g/mol. The van der Waals surface area contributed by atoms with Crippen molar-refractivity contribution < 1.29 is 8.42 Å². The lowest BCUT2D eigenvalue weighted by Crippen LogP contribution is -2.44. The Hall–Kier alpha value is -1.87. The lowest BCUT2D eigenvalue weighted by atomic mass is 10.2. The Balaban J connectivity index is 1.53. The van der Waals surface area contributed by atoms with Gasteiger partial charge in [0.25, 0.3) is 0 Å². The number of hydrogen-bond acceptors (Lipinski definition) is 6. The van der Waals surface area contributed by atoms with Crippen molar-refractivity contribution in [2.45, 2.75) is 11.3 Å². The Morgan fingerprint density at radius 1 is 1.08 bits per heavy atom. The molecule has 25 heavy (non-hydrogen) atoms. The Morgan fingerprint density at radius 3 is 2.44 bits per heavy atom. The van der Waals surface area contributed by atoms with Gasteiger partial charge in [-0.05, 0) is 13.0 Å². The van der Waals surface area contributed by atoms with Gasteiger partial charge in [0.2, 0.25) is 10.0 Å². The molecule has 3 rings (SSSR count). The average molecular weight is 361 g/mol. The normalized spacial score (nSPS) is 16.0. The average Bonchev–Trinajstić information content (AvgIpc) is 2.67. The highest BCUT2D eigenvalue weighted by Crippen LogP contribution is 2.14. The van der Waals surface area contributed by atoms with Crippen molar-refractivity contribution >= 4 is 10.0 Å². The summed E-state index contributed by atoms with van der Waals surface area (Å²) in [5, 5.41) is 3.30. The van der Waals surface area contributed by atoms with E-state index in [1.807, 2.05) is 30.3 Å². The molecule has 2 heterocycles. The summed E-state index contributed by atoms with van der Waals surface area (Å²) in [6, 6.07) is 9.47. The van der Waals surface area contributed by atoms with E-state index < -0.39 is 10.0 Å². The first kappa shape index (κ1) is 17.9. The Morgan fingerprint density at radius 2 is 1.76 bits per heavy atom. The van der Waals surface area contributed by atoms with Gasteiger partial charge in [0.15, 0.2) is 5.82 Å². The van der Waals surface area contributed by atoms with Crippen molar-refractivity contribution in [3.8, 4) is 11.4 Å². The van der Waals surface area contributed by atoms with Gasteiger partial charge >= 0.3 is 0 Å². The molecule has 0 bridgehead atoms. The number of rotatable bonds is 7. The zero-order valence-electron chi connectivity index (χ0n) is 14.1. The number of nitrogens with one attached hydrogen (secondary N) is 2. The highest BCUT2D eigenvalue weighted by molar-refractivity contribution is 7.89. The Kier molecular flexibility index (Phi) is 6.09. The second-order valence-corrected chi connectivity index (χ2v) is 7.72. The quantitative estimate of drug-likeness (QED) is 0.707. The third-order valence-electron chi connectivity index (χ3n) is 4.12. The van der Waals surface area contributed by atoms with Gasteiger partial charge in [-0.2, -0.15) is 0 Å². The lowest BCUT2D eigenvalue weighted by molar-refractivity contribution is 0.239. The van der Waals surface area contributed by atoms with Crippen LogP contribution in [0.3, 0.4) is 0 Å². The van der Waals surface area contributed by atoms with Crippen LogP contribution in [0.1, 0.15) is 6.42 Å². The molecule has 7 nitrogen and oxygen atoms in total. The molecular formula is C17H23N5O2S. The van der Waals surface area contributed by atoms with E-state index in [9.17, 15) is 8.42 Å². The van der Waals surface area contributed by atoms with Gasteiger partial charge in [0.1, 0.15) is 4.90 Å². The third-order valence-corrected chi connectivity index (χ3v) is 5.54. The summed E-state index contributed by atoms with van der Waals surface area (Å²) in [7, 11) is -3.57. The highest BCUT2D eigenvalue weighted by atomic mass is 32.2. The van der Waals surface area contributed by atoms with Crippen LogP contribution in [0.2, 0.25) is 0 Å². The predicted molar refractivity (Wildman–Crippen MR) is 96.6 cm³/mol. The number of hydrogen-bond donors (Lipinski definition) is 2. The van der Waals surface area contributed by atoms with Crippen LogP contribution >= 0.6 is 0 Å². The van der Waals surface area contributed by atoms with E-state index in [2.05, 4.69) is 24.9 Å². The van der Waals surface area contributed by atoms with Crippen molar-refractivity contribution in [2.75, 3.05) is 39.3 Å². The molecule has 8 heteroatoms. The van der Waals surface area contributed by atoms with Crippen molar-refractivity contribution in [1.82, 2.24) is 24.9 Å². The molecule has 1 aromatic heterocycles. The minimum Gasteiger partial charge on any atom is -0.314 e. The van der Waals surface area contributed by atoms with Gasteiger partial charge in [0, 0.05) is 38.3 Å². The van der Waals surface area contributed by atoms with Crippen molar-refractivity contribution in [2.24, 2.45) is 0 Å². The van der Waals surface area contributed by atoms with Crippen LogP contribution in [0, 0.1) is 0 Å². The number of benzene rings is 1. The van der Waals surface area contributed by atoms with Crippen LogP contribution in [0.4, 0.5) is 0 Å². The number of nitrogens with zero attached hydrogens (tertiary/aromatic N) is 3. The molecule has 1 saturated heterocycles. The molecule has 1 aliphatic heterocycles. The topological polar surface area (TPSA) is 87.2 Å². The van der Waals surface area contributed by atoms with Crippen LogP contribution in [0.25, 0.3) is 11.4 Å². The van der Waals surface area contributed by atoms with Gasteiger partial charge in [-0.3, -0.25) is 0 Å². The molecule has 0 saturated carbocycles. The number of aromatic nitrogens is 2. The molecule has 2 aromatic rings. The first-order chi connectivity index (χ1) is 12.1. The Labute approximate surface area is 148 Å². The minimum atomic E-state index is -3.57. The van der Waals surface area contributed by atoms with E-state index in [1.54, 1.807) is 0 Å². The van der Waals surface area contributed by atoms with Crippen LogP contribution in [-0.2, 0) is 10.0 Å². The largest absolute Gasteiger partial charge is 0.314 e. The highest BCUT2D eigenvalue weighted by Gasteiger charge is 2.15. The van der Waals surface area contributed by atoms with E-state index >= 15 is 0 Å². The first-order valence-corrected chi connectivity index (χ1v) is 9.94. The number of sulfonamides is 1. The summed E-state index contributed by atoms with van der Waals surface area (Å²) in [5.74, 6) is 0.512. The minimum absolute atomic E-state index is 0.0920. The maximum Gasteiger partial charge on any atom is 0.243 e. The molecule has 0 atom stereocenters. The fourth-order valence-corrected chi connectivity index (χ4v) is 3.68. The van der Waals surface area contributed by atoms with Crippen LogP contribution in [0.15, 0.2) is 47.6 Å². The van der Waals surface area contributed by atoms with Gasteiger partial charge in [-0.15, -0.1) is 0 Å². The SMILES string of the molecule is O=S(=O)(NCCCN1CCNCC1)c1cnc(-c2ccccc2)nc1. The van der Waals surface area contributed by atoms with Gasteiger partial charge < -0.3 is 10.2 Å². The zero-order chi connectivity index (χ0) is 17.5. The van der Waals surface area contributed by atoms with E-state index in [0.29, 0.717) is 12.4 Å². The van der Waals surface area contributed by atoms with E-state index in [0.717, 1.165) is 44.7 Å². The standard InChI is InChI=1S/C17H23N5O2S/c23-25(24,21-7-4-10-22-11-8-18-9-12-22)16-13-19-17(20-14-16)15-5-2-1-3-6-15/h1-3,5-6,13-14,18,21H,4,7-12H2. The first-order valence-electron chi connectivity index (χ1n) is 8.45. The molecule has 134 valence electrons. The summed E-state index contributed by atoms with van der Waals surface area (Å²) in [5.41, 5.74) is 0.857. The molecule has 0 amide bonds. The molecule has 1 aromatic carbocycles. The summed E-state index contributed by atoms with van der Waals surface area (Å²) >= 11 is 0. The molecule has 0 spiro atoms. The lowest BCUT2D eigenvalue weighted by Gasteiger charge is -2.27. The Bertz CT molecular complexity index is 759. The van der Waals surface area contributed by atoms with Crippen molar-refractivity contribution in [1.29, 1.82) is 0 Å². The van der Waals surface area contributed by atoms with Crippen molar-refractivity contribution in [3.63, 3.8) is 0 Å². The second-order valence-electron chi connectivity index (χ2n) is 5.95. The molecule has 0 radical (unpaired) electrons. The van der Waals surface area contributed by atoms with E-state index in [1.165, 1.54) is 12.4 Å². The van der Waals surface area contributed by atoms with Gasteiger partial charge in [0.05, 0.1) is 12.4 Å².